The third-order valence-corrected chi connectivity index (χ3v) is 5.79. The third-order valence-electron chi connectivity index (χ3n) is 4.16. The zero-order valence-corrected chi connectivity index (χ0v) is 19.6. The Bertz CT molecular complexity index is 1050. The Morgan fingerprint density at radius 2 is 1.97 bits per heavy atom. The van der Waals surface area contributed by atoms with E-state index < -0.39 is 17.1 Å². The lowest BCUT2D eigenvalue weighted by molar-refractivity contribution is -0.127. The molecular formula is C22H19IN2O5S. The number of methoxy groups -OCH3 is 1. The van der Waals surface area contributed by atoms with Gasteiger partial charge in [0.15, 0.2) is 11.5 Å². The van der Waals surface area contributed by atoms with Crippen molar-refractivity contribution in [2.24, 2.45) is 0 Å². The number of nitrogens with zero attached hydrogens (tertiary/aromatic N) is 1. The lowest BCUT2D eigenvalue weighted by Crippen LogP contribution is -2.36. The molecule has 0 spiro atoms. The molecule has 2 aromatic carbocycles. The molecule has 7 nitrogen and oxygen atoms in total. The van der Waals surface area contributed by atoms with E-state index in [0.717, 1.165) is 20.2 Å². The van der Waals surface area contributed by atoms with E-state index in [0.29, 0.717) is 22.7 Å². The molecule has 1 saturated heterocycles. The van der Waals surface area contributed by atoms with Crippen LogP contribution in [0.3, 0.4) is 0 Å². The van der Waals surface area contributed by atoms with Crippen LogP contribution in [0, 0.1) is 3.57 Å². The van der Waals surface area contributed by atoms with Crippen molar-refractivity contribution in [3.05, 3.63) is 69.2 Å². The molecule has 3 rings (SSSR count). The van der Waals surface area contributed by atoms with Crippen molar-refractivity contribution in [3.63, 3.8) is 0 Å². The van der Waals surface area contributed by atoms with Gasteiger partial charge in [-0.2, -0.15) is 0 Å². The van der Waals surface area contributed by atoms with Gasteiger partial charge in [0, 0.05) is 14.8 Å². The molecule has 1 fully saturated rings. The van der Waals surface area contributed by atoms with Crippen LogP contribution >= 0.6 is 34.4 Å². The molecule has 0 aromatic heterocycles. The fraction of sp³-hybridized carbons (Fsp3) is 0.136. The largest absolute Gasteiger partial charge is 0.493 e. The molecule has 3 amide bonds. The highest BCUT2D eigenvalue weighted by Gasteiger charge is 2.36. The van der Waals surface area contributed by atoms with Crippen molar-refractivity contribution in [1.82, 2.24) is 4.90 Å². The lowest BCUT2D eigenvalue weighted by Gasteiger charge is -2.13. The Balaban J connectivity index is 1.77. The molecular weight excluding hydrogens is 531 g/mol. The highest BCUT2D eigenvalue weighted by molar-refractivity contribution is 14.1. The van der Waals surface area contributed by atoms with Crippen LogP contribution in [-0.4, -0.2) is 42.2 Å². The fourth-order valence-corrected chi connectivity index (χ4v) is 3.95. The smallest absolute Gasteiger partial charge is 0.294 e. The number of thioether (sulfide) groups is 1. The van der Waals surface area contributed by atoms with E-state index in [1.165, 1.54) is 7.11 Å². The van der Waals surface area contributed by atoms with Crippen LogP contribution < -0.4 is 14.8 Å². The Hall–Kier alpha value is -2.79. The Kier molecular flexibility index (Phi) is 7.75. The summed E-state index contributed by atoms with van der Waals surface area (Å²) in [5, 5.41) is 2.18. The molecule has 1 N–H and O–H groups in total. The van der Waals surface area contributed by atoms with E-state index in [4.69, 9.17) is 9.47 Å². The van der Waals surface area contributed by atoms with Crippen molar-refractivity contribution >= 4 is 63.2 Å². The van der Waals surface area contributed by atoms with Crippen molar-refractivity contribution < 1.29 is 23.9 Å². The van der Waals surface area contributed by atoms with Gasteiger partial charge in [0.1, 0.15) is 13.2 Å². The van der Waals surface area contributed by atoms with Gasteiger partial charge in [-0.15, -0.1) is 0 Å². The molecule has 0 radical (unpaired) electrons. The maximum absolute atomic E-state index is 12.8. The van der Waals surface area contributed by atoms with Gasteiger partial charge >= 0.3 is 0 Å². The highest BCUT2D eigenvalue weighted by atomic mass is 127. The molecule has 1 aliphatic rings. The predicted octanol–water partition coefficient (Wildman–Crippen LogP) is 4.54. The molecule has 1 aliphatic heterocycles. The van der Waals surface area contributed by atoms with E-state index in [-0.39, 0.29) is 18.1 Å². The predicted molar refractivity (Wildman–Crippen MR) is 129 cm³/mol. The van der Waals surface area contributed by atoms with Gasteiger partial charge in [-0.05, 0) is 70.8 Å². The Morgan fingerprint density at radius 1 is 1.23 bits per heavy atom. The van der Waals surface area contributed by atoms with E-state index >= 15 is 0 Å². The molecule has 0 unspecified atom stereocenters. The number of anilines is 1. The van der Waals surface area contributed by atoms with Gasteiger partial charge in [0.2, 0.25) is 5.91 Å². The molecule has 160 valence electrons. The number of carbonyl (C=O) groups excluding carboxylic acids is 3. The number of hydrogen-bond donors (Lipinski definition) is 1. The molecule has 9 heteroatoms. The monoisotopic (exact) mass is 550 g/mol. The van der Waals surface area contributed by atoms with Gasteiger partial charge in [-0.1, -0.05) is 24.8 Å². The Labute approximate surface area is 197 Å². The second kappa shape index (κ2) is 10.5. The summed E-state index contributed by atoms with van der Waals surface area (Å²) < 4.78 is 12.0. The number of rotatable bonds is 8. The number of amides is 3. The van der Waals surface area contributed by atoms with Crippen LogP contribution in [0.25, 0.3) is 6.08 Å². The summed E-state index contributed by atoms with van der Waals surface area (Å²) >= 11 is 2.93. The maximum atomic E-state index is 12.8. The van der Waals surface area contributed by atoms with Crippen molar-refractivity contribution in [3.8, 4) is 11.5 Å². The van der Waals surface area contributed by atoms with E-state index in [1.807, 2.05) is 12.1 Å². The van der Waals surface area contributed by atoms with Gasteiger partial charge in [-0.25, -0.2) is 0 Å². The molecule has 0 bridgehead atoms. The Morgan fingerprint density at radius 3 is 2.65 bits per heavy atom. The SMILES string of the molecule is C=CCOc1c(/C=C2\SC(=O)N(CC(=O)Nc3ccc(I)cc3)C2=O)cccc1OC. The summed E-state index contributed by atoms with van der Waals surface area (Å²) in [5.74, 6) is -0.0636. The zero-order valence-electron chi connectivity index (χ0n) is 16.6. The van der Waals surface area contributed by atoms with Crippen LogP contribution in [-0.2, 0) is 9.59 Å². The van der Waals surface area contributed by atoms with Crippen molar-refractivity contribution in [1.29, 1.82) is 0 Å². The number of imide groups is 1. The number of hydrogen-bond acceptors (Lipinski definition) is 6. The third kappa shape index (κ3) is 5.67. The summed E-state index contributed by atoms with van der Waals surface area (Å²) in [6, 6.07) is 12.4. The second-order valence-electron chi connectivity index (χ2n) is 6.30. The first-order valence-corrected chi connectivity index (χ1v) is 11.0. The van der Waals surface area contributed by atoms with Crippen LogP contribution in [0.4, 0.5) is 10.5 Å². The molecule has 0 saturated carbocycles. The lowest BCUT2D eigenvalue weighted by atomic mass is 10.1. The minimum absolute atomic E-state index is 0.198. The first-order chi connectivity index (χ1) is 14.9. The number of benzene rings is 2. The highest BCUT2D eigenvalue weighted by Crippen LogP contribution is 2.37. The van der Waals surface area contributed by atoms with Gasteiger partial charge in [0.25, 0.3) is 11.1 Å². The number of para-hydroxylation sites is 1. The van der Waals surface area contributed by atoms with Crippen LogP contribution in [0.15, 0.2) is 60.0 Å². The average molecular weight is 550 g/mol. The number of carbonyl (C=O) groups is 3. The summed E-state index contributed by atoms with van der Waals surface area (Å²) in [6.45, 7) is 3.51. The fourth-order valence-electron chi connectivity index (χ4n) is 2.76. The molecule has 1 heterocycles. The van der Waals surface area contributed by atoms with Crippen LogP contribution in [0.5, 0.6) is 11.5 Å². The second-order valence-corrected chi connectivity index (χ2v) is 8.54. The summed E-state index contributed by atoms with van der Waals surface area (Å²) in [6.07, 6.45) is 3.15. The van der Waals surface area contributed by atoms with Crippen LogP contribution in [0.2, 0.25) is 0 Å². The quantitative estimate of drug-likeness (QED) is 0.295. The zero-order chi connectivity index (χ0) is 22.4. The first kappa shape index (κ1) is 22.9. The topological polar surface area (TPSA) is 84.9 Å². The number of halogens is 1. The molecule has 0 aliphatic carbocycles. The van der Waals surface area contributed by atoms with Gasteiger partial charge in [0.05, 0.1) is 12.0 Å². The van der Waals surface area contributed by atoms with Crippen molar-refractivity contribution in [2.75, 3.05) is 25.6 Å². The minimum atomic E-state index is -0.537. The standard InChI is InChI=1S/C22H19IN2O5S/c1-3-11-30-20-14(5-4-6-17(20)29-2)12-18-21(27)25(22(28)31-18)13-19(26)24-16-9-7-15(23)8-10-16/h3-10,12H,1,11,13H2,2H3,(H,24,26)/b18-12-. The number of nitrogens with one attached hydrogen (secondary N) is 1. The average Bonchev–Trinajstić information content (AvgIpc) is 3.01. The summed E-state index contributed by atoms with van der Waals surface area (Å²) in [7, 11) is 1.51. The molecule has 31 heavy (non-hydrogen) atoms. The van der Waals surface area contributed by atoms with Crippen molar-refractivity contribution in [2.45, 2.75) is 0 Å². The van der Waals surface area contributed by atoms with Gasteiger partial charge in [-0.3, -0.25) is 19.3 Å². The van der Waals surface area contributed by atoms with E-state index in [1.54, 1.807) is 42.5 Å². The minimum Gasteiger partial charge on any atom is -0.493 e. The van der Waals surface area contributed by atoms with E-state index in [9.17, 15) is 14.4 Å². The summed E-state index contributed by atoms with van der Waals surface area (Å²) in [4.78, 5) is 38.6. The normalized spacial score (nSPS) is 14.6. The van der Waals surface area contributed by atoms with Gasteiger partial charge < -0.3 is 14.8 Å². The number of ether oxygens (including phenoxy) is 2. The molecule has 0 atom stereocenters. The van der Waals surface area contributed by atoms with E-state index in [2.05, 4.69) is 34.5 Å². The van der Waals surface area contributed by atoms with Crippen LogP contribution in [0.1, 0.15) is 5.56 Å². The summed E-state index contributed by atoms with van der Waals surface area (Å²) in [5.41, 5.74) is 1.17. The molecule has 2 aromatic rings. The maximum Gasteiger partial charge on any atom is 0.294 e. The first-order valence-electron chi connectivity index (χ1n) is 9.14.